The van der Waals surface area contributed by atoms with Gasteiger partial charge in [0.15, 0.2) is 18.4 Å². The molecule has 3 saturated heterocycles. The Morgan fingerprint density at radius 3 is 1.71 bits per heavy atom. The van der Waals surface area contributed by atoms with E-state index in [1.165, 1.54) is 0 Å². The molecule has 0 aliphatic carbocycles. The van der Waals surface area contributed by atoms with Crippen LogP contribution in [0, 0.1) is 11.8 Å². The van der Waals surface area contributed by atoms with Crippen molar-refractivity contribution in [3.63, 3.8) is 0 Å². The number of carbonyl (C=O) groups excluding carboxylic acids is 4. The number of rotatable bonds is 30. The van der Waals surface area contributed by atoms with Crippen LogP contribution < -0.4 is 10.6 Å². The van der Waals surface area contributed by atoms with Crippen molar-refractivity contribution in [3.8, 4) is 0 Å². The Hall–Kier alpha value is -1.30. The summed E-state index contributed by atoms with van der Waals surface area (Å²) in [5.74, 6) is -1.50. The molecule has 0 bridgehead atoms. The molecule has 0 aromatic carbocycles. The number of ketones is 1. The second-order valence-electron chi connectivity index (χ2n) is 17.1. The Balaban J connectivity index is 0.0000137. The van der Waals surface area contributed by atoms with Gasteiger partial charge in [-0.25, -0.2) is 0 Å². The number of amides is 3. The molecule has 13 atom stereocenters. The Morgan fingerprint density at radius 1 is 0.667 bits per heavy atom. The molecule has 3 rings (SSSR count). The van der Waals surface area contributed by atoms with Crippen LogP contribution in [-0.4, -0.2) is 185 Å². The quantitative estimate of drug-likeness (QED) is 0.0422. The van der Waals surface area contributed by atoms with Crippen LogP contribution in [0.15, 0.2) is 0 Å². The molecule has 363 valence electrons. The molecule has 20 heteroatoms. The Labute approximate surface area is 397 Å². The third kappa shape index (κ3) is 19.5. The van der Waals surface area contributed by atoms with Gasteiger partial charge in [0.25, 0.3) is 0 Å². The standard InChI is InChI=1S/C43H77N3O16.Y/c1-27-38(54)40(56)33(25-48)61-42(27)59-20-12-9-16-35(51)44-19-11-8-14-31(32(50)15-6-4-5-7-18-37(53)46-23-30(58-3)22-29(46)24-47)45-36(52)17-10-13-21-60-43-28(2)39(55)41(57)34(26-49)62-43;/h27-31,33-34,38-43,47-49,54-57H,4-26H2,1-3H3,(H,44,51)(H,45,52);/t27?,28?,29-,30+,31+,33?,34?,38?,39?,40?,41?,42?,43?;/m0./s1. The Morgan fingerprint density at radius 2 is 1.19 bits per heavy atom. The molecule has 0 aromatic rings. The van der Waals surface area contributed by atoms with Crippen molar-refractivity contribution in [1.82, 2.24) is 15.5 Å². The molecule has 0 aromatic heterocycles. The molecule has 9 N–H and O–H groups in total. The van der Waals surface area contributed by atoms with Gasteiger partial charge in [-0.3, -0.25) is 19.2 Å². The van der Waals surface area contributed by atoms with Gasteiger partial charge in [-0.05, 0) is 64.2 Å². The third-order valence-corrected chi connectivity index (χ3v) is 12.3. The summed E-state index contributed by atoms with van der Waals surface area (Å²) in [6, 6.07) is -0.920. The summed E-state index contributed by atoms with van der Waals surface area (Å²) in [5, 5.41) is 74.8. The fraction of sp³-hybridized carbons (Fsp3) is 0.907. The van der Waals surface area contributed by atoms with Crippen LogP contribution >= 0.6 is 0 Å². The van der Waals surface area contributed by atoms with E-state index >= 15 is 0 Å². The van der Waals surface area contributed by atoms with Crippen LogP contribution in [0.5, 0.6) is 0 Å². The predicted octanol–water partition coefficient (Wildman–Crippen LogP) is -0.203. The van der Waals surface area contributed by atoms with Crippen molar-refractivity contribution in [1.29, 1.82) is 0 Å². The maximum Gasteiger partial charge on any atom is 0.222 e. The number of aliphatic hydroxyl groups excluding tert-OH is 7. The maximum atomic E-state index is 13.4. The van der Waals surface area contributed by atoms with Crippen molar-refractivity contribution in [2.45, 2.75) is 184 Å². The number of carbonyl (C=O) groups is 4. The molecule has 10 unspecified atom stereocenters. The van der Waals surface area contributed by atoms with Gasteiger partial charge in [0.1, 0.15) is 24.4 Å². The number of aliphatic hydroxyl groups is 7. The minimum atomic E-state index is -1.22. The number of methoxy groups -OCH3 is 1. The fourth-order valence-electron chi connectivity index (χ4n) is 8.14. The summed E-state index contributed by atoms with van der Waals surface area (Å²) in [6.07, 6.45) is -0.0862. The van der Waals surface area contributed by atoms with Gasteiger partial charge in [-0.2, -0.15) is 0 Å². The summed E-state index contributed by atoms with van der Waals surface area (Å²) >= 11 is 0. The minimum Gasteiger partial charge on any atom is -0.394 e. The topological polar surface area (TPSA) is 283 Å². The predicted molar refractivity (Wildman–Crippen MR) is 223 cm³/mol. The van der Waals surface area contributed by atoms with Crippen LogP contribution in [0.3, 0.4) is 0 Å². The molecule has 0 spiro atoms. The van der Waals surface area contributed by atoms with E-state index in [0.29, 0.717) is 83.7 Å². The number of nitrogens with one attached hydrogen (secondary N) is 2. The van der Waals surface area contributed by atoms with E-state index in [9.17, 15) is 54.9 Å². The summed E-state index contributed by atoms with van der Waals surface area (Å²) < 4.78 is 28.0. The van der Waals surface area contributed by atoms with Crippen molar-refractivity contribution < 1.29 is 111 Å². The zero-order valence-electron chi connectivity index (χ0n) is 37.6. The average molecular weight is 981 g/mol. The van der Waals surface area contributed by atoms with Gasteiger partial charge in [0.05, 0.1) is 50.2 Å². The maximum absolute atomic E-state index is 13.4. The third-order valence-electron chi connectivity index (χ3n) is 12.3. The van der Waals surface area contributed by atoms with Gasteiger partial charge in [0.2, 0.25) is 17.7 Å². The average Bonchev–Trinajstić information content (AvgIpc) is 3.70. The first-order chi connectivity index (χ1) is 29.8. The second-order valence-corrected chi connectivity index (χ2v) is 17.1. The monoisotopic (exact) mass is 980 g/mol. The first-order valence-electron chi connectivity index (χ1n) is 22.8. The van der Waals surface area contributed by atoms with Crippen molar-refractivity contribution >= 4 is 23.5 Å². The molecule has 19 nitrogen and oxygen atoms in total. The van der Waals surface area contributed by atoms with Gasteiger partial charge in [-0.1, -0.05) is 26.7 Å². The SMILES string of the molecule is CO[C@@H]1C[C@@H](CO)N(C(=O)CCCCCCC(=O)[C@@H](CCCCNC(=O)CCCCOC2OC(CO)C(O)C(O)C2C)NC(=O)CCCCOC2OC(CO)C(O)C(O)C2C)C1.[Y]. The number of nitrogens with zero attached hydrogens (tertiary/aromatic N) is 1. The van der Waals surface area contributed by atoms with Gasteiger partial charge >= 0.3 is 0 Å². The van der Waals surface area contributed by atoms with Crippen molar-refractivity contribution in [3.05, 3.63) is 0 Å². The molecular formula is C43H77N3O16Y. The number of hydrogen-bond acceptors (Lipinski definition) is 16. The molecular weight excluding hydrogens is 903 g/mol. The molecule has 63 heavy (non-hydrogen) atoms. The number of Topliss-reactive ketones (excluding diaryl/α,β-unsaturated/α-hetero) is 1. The van der Waals surface area contributed by atoms with E-state index in [0.717, 1.165) is 12.8 Å². The summed E-state index contributed by atoms with van der Waals surface area (Å²) in [4.78, 5) is 53.4. The first-order valence-corrected chi connectivity index (χ1v) is 22.8. The van der Waals surface area contributed by atoms with Gasteiger partial charge < -0.3 is 75.0 Å². The van der Waals surface area contributed by atoms with Crippen LogP contribution in [0.4, 0.5) is 0 Å². The summed E-state index contributed by atoms with van der Waals surface area (Å²) in [5.41, 5.74) is 0. The number of likely N-dealkylation sites (tertiary alicyclic amines) is 1. The Bertz CT molecular complexity index is 1320. The van der Waals surface area contributed by atoms with E-state index in [4.69, 9.17) is 23.7 Å². The van der Waals surface area contributed by atoms with Gasteiger partial charge in [-0.15, -0.1) is 0 Å². The van der Waals surface area contributed by atoms with E-state index in [1.807, 2.05) is 0 Å². The minimum absolute atomic E-state index is 0. The molecule has 3 heterocycles. The number of unbranched alkanes of at least 4 members (excludes halogenated alkanes) is 6. The van der Waals surface area contributed by atoms with E-state index < -0.39 is 80.3 Å². The zero-order valence-corrected chi connectivity index (χ0v) is 40.4. The number of hydrogen-bond donors (Lipinski definition) is 9. The van der Waals surface area contributed by atoms with Crippen molar-refractivity contribution in [2.75, 3.05) is 53.2 Å². The largest absolute Gasteiger partial charge is 0.394 e. The molecule has 1 radical (unpaired) electrons. The van der Waals surface area contributed by atoms with Crippen LogP contribution in [0.1, 0.15) is 117 Å². The molecule has 3 amide bonds. The van der Waals surface area contributed by atoms with Gasteiger partial charge in [0, 0.05) is 104 Å². The zero-order chi connectivity index (χ0) is 45.6. The van der Waals surface area contributed by atoms with Crippen molar-refractivity contribution in [2.24, 2.45) is 11.8 Å². The number of ether oxygens (including phenoxy) is 5. The Kier molecular flexibility index (Phi) is 29.0. The smallest absolute Gasteiger partial charge is 0.222 e. The molecule has 0 saturated carbocycles. The van der Waals surface area contributed by atoms with E-state index in [1.54, 1.807) is 25.9 Å². The van der Waals surface area contributed by atoms with E-state index in [-0.39, 0.29) is 107 Å². The molecule has 3 aliphatic rings. The first kappa shape index (κ1) is 57.8. The van der Waals surface area contributed by atoms with Crippen LogP contribution in [0.2, 0.25) is 0 Å². The van der Waals surface area contributed by atoms with E-state index in [2.05, 4.69) is 10.6 Å². The normalized spacial score (nSPS) is 30.1. The van der Waals surface area contributed by atoms with Crippen LogP contribution in [0.25, 0.3) is 0 Å². The molecule has 3 aliphatic heterocycles. The summed E-state index contributed by atoms with van der Waals surface area (Å²) in [6.45, 7) is 3.73. The second kappa shape index (κ2) is 31.6. The fourth-order valence-corrected chi connectivity index (χ4v) is 8.14. The van der Waals surface area contributed by atoms with Crippen LogP contribution in [-0.2, 0) is 75.6 Å². The molecule has 3 fully saturated rings. The summed E-state index contributed by atoms with van der Waals surface area (Å²) in [7, 11) is 1.60.